The topological polar surface area (TPSA) is 0 Å². The molecule has 0 saturated heterocycles. The van der Waals surface area contributed by atoms with Crippen LogP contribution in [-0.4, -0.2) is 11.1 Å². The minimum Gasteiger partial charge on any atom is -0.126 e. The largest absolute Gasteiger partial charge is 0.126 e. The third-order valence-electron chi connectivity index (χ3n) is 3.41. The molecule has 1 aromatic carbocycles. The van der Waals surface area contributed by atoms with Gasteiger partial charge in [-0.05, 0) is 34.9 Å². The van der Waals surface area contributed by atoms with E-state index in [0.717, 1.165) is 5.33 Å². The quantitative estimate of drug-likeness (QED) is 0.474. The zero-order valence-corrected chi connectivity index (χ0v) is 14.6. The van der Waals surface area contributed by atoms with E-state index in [1.807, 2.05) is 11.8 Å². The van der Waals surface area contributed by atoms with Crippen LogP contribution in [0.25, 0.3) is 0 Å². The van der Waals surface area contributed by atoms with Crippen molar-refractivity contribution in [3.63, 3.8) is 0 Å². The molecule has 0 aromatic heterocycles. The van der Waals surface area contributed by atoms with Crippen molar-refractivity contribution in [3.8, 4) is 0 Å². The van der Waals surface area contributed by atoms with E-state index in [1.165, 1.54) is 16.2 Å². The molecule has 18 heavy (non-hydrogen) atoms. The minimum atomic E-state index is 0.369. The fraction of sp³-hybridized carbons (Fsp3) is 0.625. The van der Waals surface area contributed by atoms with Gasteiger partial charge in [-0.1, -0.05) is 62.7 Å². The third-order valence-corrected chi connectivity index (χ3v) is 5.37. The highest BCUT2D eigenvalue weighted by molar-refractivity contribution is 9.09. The Morgan fingerprint density at radius 2 is 1.67 bits per heavy atom. The summed E-state index contributed by atoms with van der Waals surface area (Å²) in [7, 11) is 0. The van der Waals surface area contributed by atoms with Gasteiger partial charge in [0.05, 0.1) is 0 Å². The SMILES string of the molecule is CC(C)c1ccc(SCC(CBr)C(C)(C)C)cc1. The van der Waals surface area contributed by atoms with Gasteiger partial charge in [0.15, 0.2) is 0 Å². The van der Waals surface area contributed by atoms with E-state index in [0.29, 0.717) is 17.3 Å². The average molecular weight is 329 g/mol. The summed E-state index contributed by atoms with van der Waals surface area (Å²) in [5, 5.41) is 1.08. The fourth-order valence-corrected chi connectivity index (χ4v) is 4.51. The molecular weight excluding hydrogens is 304 g/mol. The number of benzene rings is 1. The first-order chi connectivity index (χ1) is 8.34. The van der Waals surface area contributed by atoms with Crippen molar-refractivity contribution in [2.45, 2.75) is 45.4 Å². The Morgan fingerprint density at radius 3 is 2.06 bits per heavy atom. The van der Waals surface area contributed by atoms with E-state index in [9.17, 15) is 0 Å². The van der Waals surface area contributed by atoms with Gasteiger partial charge >= 0.3 is 0 Å². The summed E-state index contributed by atoms with van der Waals surface area (Å²) in [6.07, 6.45) is 0. The molecule has 0 aliphatic rings. The Morgan fingerprint density at radius 1 is 1.11 bits per heavy atom. The molecule has 0 amide bonds. The second-order valence-electron chi connectivity index (χ2n) is 6.25. The Labute approximate surface area is 125 Å². The molecule has 0 spiro atoms. The highest BCUT2D eigenvalue weighted by Crippen LogP contribution is 2.33. The summed E-state index contributed by atoms with van der Waals surface area (Å²) in [4.78, 5) is 1.38. The van der Waals surface area contributed by atoms with Gasteiger partial charge in [-0.2, -0.15) is 0 Å². The molecule has 0 fully saturated rings. The molecule has 0 aliphatic carbocycles. The molecule has 1 rings (SSSR count). The van der Waals surface area contributed by atoms with Crippen LogP contribution in [0.4, 0.5) is 0 Å². The van der Waals surface area contributed by atoms with Gasteiger partial charge in [0, 0.05) is 16.0 Å². The lowest BCUT2D eigenvalue weighted by molar-refractivity contribution is 0.295. The van der Waals surface area contributed by atoms with Crippen LogP contribution in [0.3, 0.4) is 0 Å². The van der Waals surface area contributed by atoms with E-state index >= 15 is 0 Å². The van der Waals surface area contributed by atoms with Crippen molar-refractivity contribution in [2.75, 3.05) is 11.1 Å². The lowest BCUT2D eigenvalue weighted by atomic mass is 9.83. The Kier molecular flexibility index (Phi) is 6.26. The van der Waals surface area contributed by atoms with Crippen LogP contribution in [0, 0.1) is 11.3 Å². The van der Waals surface area contributed by atoms with E-state index in [-0.39, 0.29) is 0 Å². The number of hydrogen-bond donors (Lipinski definition) is 0. The molecule has 0 nitrogen and oxygen atoms in total. The number of halogens is 1. The van der Waals surface area contributed by atoms with Crippen LogP contribution < -0.4 is 0 Å². The molecule has 0 saturated carbocycles. The summed E-state index contributed by atoms with van der Waals surface area (Å²) in [6, 6.07) is 9.03. The number of hydrogen-bond acceptors (Lipinski definition) is 1. The van der Waals surface area contributed by atoms with E-state index in [4.69, 9.17) is 0 Å². The molecule has 0 aliphatic heterocycles. The summed E-state index contributed by atoms with van der Waals surface area (Å²) in [5.41, 5.74) is 1.79. The van der Waals surface area contributed by atoms with Gasteiger partial charge in [0.1, 0.15) is 0 Å². The first kappa shape index (κ1) is 16.1. The zero-order valence-electron chi connectivity index (χ0n) is 12.2. The average Bonchev–Trinajstić information content (AvgIpc) is 2.28. The van der Waals surface area contributed by atoms with Gasteiger partial charge in [0.2, 0.25) is 0 Å². The van der Waals surface area contributed by atoms with E-state index in [2.05, 4.69) is 74.8 Å². The first-order valence-electron chi connectivity index (χ1n) is 6.63. The predicted molar refractivity (Wildman–Crippen MR) is 88.0 cm³/mol. The molecular formula is C16H25BrS. The Balaban J connectivity index is 2.58. The van der Waals surface area contributed by atoms with Crippen LogP contribution in [0.5, 0.6) is 0 Å². The van der Waals surface area contributed by atoms with Crippen LogP contribution in [0.1, 0.15) is 46.1 Å². The highest BCUT2D eigenvalue weighted by Gasteiger charge is 2.23. The first-order valence-corrected chi connectivity index (χ1v) is 8.74. The molecule has 1 unspecified atom stereocenters. The summed E-state index contributed by atoms with van der Waals surface area (Å²) >= 11 is 5.61. The van der Waals surface area contributed by atoms with Crippen molar-refractivity contribution in [1.82, 2.24) is 0 Å². The van der Waals surface area contributed by atoms with Crippen LogP contribution in [0.2, 0.25) is 0 Å². The molecule has 0 bridgehead atoms. The van der Waals surface area contributed by atoms with Crippen molar-refractivity contribution in [3.05, 3.63) is 29.8 Å². The lowest BCUT2D eigenvalue weighted by Crippen LogP contribution is -2.23. The Bertz CT molecular complexity index is 348. The number of rotatable bonds is 5. The normalized spacial score (nSPS) is 13.9. The second kappa shape index (κ2) is 7.00. The molecule has 1 atom stereocenters. The smallest absolute Gasteiger partial charge is 0.00726 e. The maximum absolute atomic E-state index is 3.64. The molecule has 2 heteroatoms. The van der Waals surface area contributed by atoms with Crippen LogP contribution in [-0.2, 0) is 0 Å². The maximum atomic E-state index is 3.64. The van der Waals surface area contributed by atoms with Crippen molar-refractivity contribution < 1.29 is 0 Å². The summed E-state index contributed by atoms with van der Waals surface area (Å²) in [5.74, 6) is 2.50. The molecule has 102 valence electrons. The highest BCUT2D eigenvalue weighted by atomic mass is 79.9. The van der Waals surface area contributed by atoms with Crippen molar-refractivity contribution in [2.24, 2.45) is 11.3 Å². The molecule has 0 radical (unpaired) electrons. The van der Waals surface area contributed by atoms with Gasteiger partial charge < -0.3 is 0 Å². The second-order valence-corrected chi connectivity index (χ2v) is 7.99. The minimum absolute atomic E-state index is 0.369. The number of thioether (sulfide) groups is 1. The van der Waals surface area contributed by atoms with Gasteiger partial charge in [-0.3, -0.25) is 0 Å². The molecule has 0 N–H and O–H groups in total. The zero-order chi connectivity index (χ0) is 13.8. The molecule has 1 aromatic rings. The fourth-order valence-electron chi connectivity index (χ4n) is 1.67. The van der Waals surface area contributed by atoms with Crippen molar-refractivity contribution >= 4 is 27.7 Å². The van der Waals surface area contributed by atoms with Crippen LogP contribution in [0.15, 0.2) is 29.2 Å². The van der Waals surface area contributed by atoms with Crippen molar-refractivity contribution in [1.29, 1.82) is 0 Å². The maximum Gasteiger partial charge on any atom is 0.00726 e. The van der Waals surface area contributed by atoms with Crippen LogP contribution >= 0.6 is 27.7 Å². The summed E-state index contributed by atoms with van der Waals surface area (Å²) < 4.78 is 0. The van der Waals surface area contributed by atoms with E-state index in [1.54, 1.807) is 0 Å². The van der Waals surface area contributed by atoms with E-state index < -0.39 is 0 Å². The monoisotopic (exact) mass is 328 g/mol. The standard InChI is InChI=1S/C16H25BrS/c1-12(2)13-6-8-15(9-7-13)18-11-14(10-17)16(3,4)5/h6-9,12,14H,10-11H2,1-5H3. The van der Waals surface area contributed by atoms with Gasteiger partial charge in [-0.15, -0.1) is 11.8 Å². The third kappa shape index (κ3) is 4.97. The number of alkyl halides is 1. The molecule has 0 heterocycles. The Hall–Kier alpha value is 0.0500. The van der Waals surface area contributed by atoms with Gasteiger partial charge in [0.25, 0.3) is 0 Å². The lowest BCUT2D eigenvalue weighted by Gasteiger charge is -2.28. The summed E-state index contributed by atoms with van der Waals surface area (Å²) in [6.45, 7) is 11.4. The predicted octanol–water partition coefficient (Wildman–Crippen LogP) is 5.96. The van der Waals surface area contributed by atoms with Gasteiger partial charge in [-0.25, -0.2) is 0 Å².